The van der Waals surface area contributed by atoms with Crippen molar-refractivity contribution in [3.63, 3.8) is 0 Å². The molecule has 0 bridgehead atoms. The number of amides is 1. The van der Waals surface area contributed by atoms with Crippen LogP contribution in [0.4, 0.5) is 0 Å². The van der Waals surface area contributed by atoms with Crippen LogP contribution in [0.2, 0.25) is 5.02 Å². The highest BCUT2D eigenvalue weighted by Gasteiger charge is 2.28. The fraction of sp³-hybridized carbons (Fsp3) is 0.450. The molecule has 0 spiro atoms. The quantitative estimate of drug-likeness (QED) is 0.547. The van der Waals surface area contributed by atoms with Gasteiger partial charge in [-0.15, -0.1) is 11.8 Å². The first-order valence-electron chi connectivity index (χ1n) is 9.27. The summed E-state index contributed by atoms with van der Waals surface area (Å²) >= 11 is 7.42. The lowest BCUT2D eigenvalue weighted by molar-refractivity contribution is -0.151. The van der Waals surface area contributed by atoms with E-state index in [0.717, 1.165) is 15.8 Å². The van der Waals surface area contributed by atoms with Crippen molar-refractivity contribution < 1.29 is 14.3 Å². The average molecular weight is 423 g/mol. The number of carbonyl (C=O) groups excluding carboxylic acids is 2. The first kappa shape index (κ1) is 20.7. The second kappa shape index (κ2) is 9.01. The van der Waals surface area contributed by atoms with Gasteiger partial charge in [-0.1, -0.05) is 17.7 Å². The molecule has 1 amide bonds. The van der Waals surface area contributed by atoms with Crippen molar-refractivity contribution in [2.75, 3.05) is 25.4 Å². The Kier molecular flexibility index (Phi) is 6.67. The number of hydrogen-bond acceptors (Lipinski definition) is 5. The minimum Gasteiger partial charge on any atom is -0.466 e. The number of halogens is 1. The lowest BCUT2D eigenvalue weighted by Crippen LogP contribution is -2.41. The first-order valence-corrected chi connectivity index (χ1v) is 10.6. The van der Waals surface area contributed by atoms with Crippen molar-refractivity contribution in [3.05, 3.63) is 39.6 Å². The molecule has 28 heavy (non-hydrogen) atoms. The van der Waals surface area contributed by atoms with E-state index in [0.29, 0.717) is 37.6 Å². The van der Waals surface area contributed by atoms with Crippen LogP contribution >= 0.6 is 23.4 Å². The number of hydrogen-bond donors (Lipinski definition) is 0. The number of pyridine rings is 1. The fourth-order valence-electron chi connectivity index (χ4n) is 3.37. The van der Waals surface area contributed by atoms with Gasteiger partial charge in [-0.05, 0) is 31.9 Å². The molecule has 0 radical (unpaired) electrons. The summed E-state index contributed by atoms with van der Waals surface area (Å²) < 4.78 is 6.61. The molecule has 3 rings (SSSR count). The number of ether oxygens (including phenoxy) is 1. The highest BCUT2D eigenvalue weighted by atomic mass is 35.5. The molecular weight excluding hydrogens is 400 g/mol. The molecule has 1 aliphatic heterocycles. The molecule has 1 aromatic heterocycles. The van der Waals surface area contributed by atoms with Crippen LogP contribution in [0.1, 0.15) is 19.8 Å². The highest BCUT2D eigenvalue weighted by Crippen LogP contribution is 2.29. The largest absolute Gasteiger partial charge is 0.466 e. The third-order valence-corrected chi connectivity index (χ3v) is 6.27. The Morgan fingerprint density at radius 3 is 2.64 bits per heavy atom. The smallest absolute Gasteiger partial charge is 0.309 e. The molecule has 6 nitrogen and oxygen atoms in total. The minimum atomic E-state index is -0.172. The van der Waals surface area contributed by atoms with Gasteiger partial charge in [-0.2, -0.15) is 0 Å². The van der Waals surface area contributed by atoms with Crippen LogP contribution in [-0.4, -0.2) is 46.8 Å². The summed E-state index contributed by atoms with van der Waals surface area (Å²) in [6.45, 7) is 3.28. The van der Waals surface area contributed by atoms with Crippen molar-refractivity contribution in [1.82, 2.24) is 9.47 Å². The summed E-state index contributed by atoms with van der Waals surface area (Å²) in [6.07, 6.45) is 1.26. The molecule has 1 aromatic carbocycles. The maximum absolute atomic E-state index is 12.6. The van der Waals surface area contributed by atoms with E-state index in [1.54, 1.807) is 41.6 Å². The van der Waals surface area contributed by atoms with Crippen LogP contribution in [-0.2, 0) is 21.4 Å². The zero-order valence-corrected chi connectivity index (χ0v) is 17.5. The first-order chi connectivity index (χ1) is 13.4. The molecule has 150 valence electrons. The topological polar surface area (TPSA) is 68.6 Å². The van der Waals surface area contributed by atoms with Gasteiger partial charge < -0.3 is 14.2 Å². The van der Waals surface area contributed by atoms with Gasteiger partial charge in [0.1, 0.15) is 0 Å². The number of fused-ring (bicyclic) bond motifs is 1. The lowest BCUT2D eigenvalue weighted by Gasteiger charge is -2.30. The Labute approximate surface area is 172 Å². The van der Waals surface area contributed by atoms with Gasteiger partial charge in [0, 0.05) is 41.5 Å². The summed E-state index contributed by atoms with van der Waals surface area (Å²) in [4.78, 5) is 39.2. The number of rotatable bonds is 5. The van der Waals surface area contributed by atoms with E-state index in [1.807, 2.05) is 6.07 Å². The highest BCUT2D eigenvalue weighted by molar-refractivity contribution is 8.00. The SMILES string of the molecule is CCOC(=O)C1CCN(C(=O)CSc2cc(=O)n(C)c3cc(Cl)ccc23)CC1. The maximum atomic E-state index is 12.6. The van der Waals surface area contributed by atoms with E-state index in [2.05, 4.69) is 0 Å². The predicted octanol–water partition coefficient (Wildman–Crippen LogP) is 3.09. The number of carbonyl (C=O) groups is 2. The fourth-order valence-corrected chi connectivity index (χ4v) is 4.51. The lowest BCUT2D eigenvalue weighted by atomic mass is 9.97. The molecule has 2 heterocycles. The van der Waals surface area contributed by atoms with Gasteiger partial charge in [0.25, 0.3) is 5.56 Å². The Balaban J connectivity index is 1.65. The third kappa shape index (κ3) is 4.52. The monoisotopic (exact) mass is 422 g/mol. The number of aromatic nitrogens is 1. The van der Waals surface area contributed by atoms with Crippen molar-refractivity contribution in [2.24, 2.45) is 13.0 Å². The molecular formula is C20H23ClN2O4S. The van der Waals surface area contributed by atoms with Crippen LogP contribution in [0.3, 0.4) is 0 Å². The summed E-state index contributed by atoms with van der Waals surface area (Å²) in [6, 6.07) is 6.96. The Bertz CT molecular complexity index is 951. The summed E-state index contributed by atoms with van der Waals surface area (Å²) in [5.74, 6) is -0.0403. The zero-order valence-electron chi connectivity index (χ0n) is 15.9. The molecule has 0 aliphatic carbocycles. The van der Waals surface area contributed by atoms with Crippen LogP contribution in [0.25, 0.3) is 10.9 Å². The van der Waals surface area contributed by atoms with E-state index in [-0.39, 0.29) is 29.1 Å². The molecule has 0 atom stereocenters. The zero-order chi connectivity index (χ0) is 20.3. The van der Waals surface area contributed by atoms with Gasteiger partial charge in [0.05, 0.1) is 23.8 Å². The Morgan fingerprint density at radius 2 is 1.96 bits per heavy atom. The van der Waals surface area contributed by atoms with Gasteiger partial charge in [-0.25, -0.2) is 0 Å². The van der Waals surface area contributed by atoms with Crippen LogP contribution < -0.4 is 5.56 Å². The van der Waals surface area contributed by atoms with Crippen molar-refractivity contribution in [3.8, 4) is 0 Å². The van der Waals surface area contributed by atoms with Crippen molar-refractivity contribution >= 4 is 46.1 Å². The Hall–Kier alpha value is -1.99. The second-order valence-electron chi connectivity index (χ2n) is 6.76. The van der Waals surface area contributed by atoms with Crippen molar-refractivity contribution in [2.45, 2.75) is 24.7 Å². The number of nitrogens with zero attached hydrogens (tertiary/aromatic N) is 2. The second-order valence-corrected chi connectivity index (χ2v) is 8.22. The number of esters is 1. The molecule has 1 fully saturated rings. The van der Waals surface area contributed by atoms with Crippen LogP contribution in [0.5, 0.6) is 0 Å². The number of likely N-dealkylation sites (tertiary alicyclic amines) is 1. The van der Waals surface area contributed by atoms with Crippen molar-refractivity contribution in [1.29, 1.82) is 0 Å². The average Bonchev–Trinajstić information content (AvgIpc) is 2.69. The molecule has 1 saturated heterocycles. The molecule has 0 saturated carbocycles. The van der Waals surface area contributed by atoms with E-state index in [4.69, 9.17) is 16.3 Å². The number of thioether (sulfide) groups is 1. The van der Waals surface area contributed by atoms with Gasteiger partial charge >= 0.3 is 5.97 Å². The van der Waals surface area contributed by atoms with Crippen LogP contribution in [0, 0.1) is 5.92 Å². The van der Waals surface area contributed by atoms with Crippen LogP contribution in [0.15, 0.2) is 34.0 Å². The third-order valence-electron chi connectivity index (χ3n) is 4.99. The molecule has 0 unspecified atom stereocenters. The molecule has 2 aromatic rings. The number of piperidine rings is 1. The normalized spacial score (nSPS) is 15.0. The van der Waals surface area contributed by atoms with Gasteiger partial charge in [-0.3, -0.25) is 14.4 Å². The Morgan fingerprint density at radius 1 is 1.25 bits per heavy atom. The minimum absolute atomic E-state index is 0.00935. The predicted molar refractivity (Wildman–Crippen MR) is 111 cm³/mol. The molecule has 8 heteroatoms. The maximum Gasteiger partial charge on any atom is 0.309 e. The van der Waals surface area contributed by atoms with E-state index in [9.17, 15) is 14.4 Å². The summed E-state index contributed by atoms with van der Waals surface area (Å²) in [5, 5.41) is 1.45. The summed E-state index contributed by atoms with van der Waals surface area (Å²) in [7, 11) is 1.70. The summed E-state index contributed by atoms with van der Waals surface area (Å²) in [5.41, 5.74) is 0.602. The van der Waals surface area contributed by atoms with E-state index < -0.39 is 0 Å². The van der Waals surface area contributed by atoms with E-state index in [1.165, 1.54) is 11.8 Å². The number of benzene rings is 1. The van der Waals surface area contributed by atoms with E-state index >= 15 is 0 Å². The van der Waals surface area contributed by atoms with Gasteiger partial charge in [0.2, 0.25) is 5.91 Å². The van der Waals surface area contributed by atoms with Gasteiger partial charge in [0.15, 0.2) is 0 Å². The standard InChI is InChI=1S/C20H23ClN2O4S/c1-3-27-20(26)13-6-8-23(9-7-13)19(25)12-28-17-11-18(24)22(2)16-10-14(21)4-5-15(16)17/h4-5,10-11,13H,3,6-9,12H2,1-2H3. The molecule has 1 aliphatic rings. The molecule has 0 N–H and O–H groups in total. The number of aryl methyl sites for hydroxylation is 1.